The second kappa shape index (κ2) is 5.70. The van der Waals surface area contributed by atoms with Gasteiger partial charge in [-0.25, -0.2) is 9.97 Å². The van der Waals surface area contributed by atoms with Crippen molar-refractivity contribution in [3.05, 3.63) is 50.8 Å². The van der Waals surface area contributed by atoms with Crippen molar-refractivity contribution in [2.45, 2.75) is 25.2 Å². The van der Waals surface area contributed by atoms with Gasteiger partial charge in [0.05, 0.1) is 10.2 Å². The van der Waals surface area contributed by atoms with Crippen molar-refractivity contribution in [2.75, 3.05) is 12.4 Å². The Morgan fingerprint density at radius 3 is 2.70 bits per heavy atom. The molecule has 0 aliphatic heterocycles. The SMILES string of the molecule is CNc1nc(Cc2ccccc2Cl)nc(C2CC2)c1Br. The predicted octanol–water partition coefficient (Wildman–Crippen LogP) is 4.40. The average Bonchev–Trinajstić information content (AvgIpc) is 3.27. The number of aromatic nitrogens is 2. The van der Waals surface area contributed by atoms with Gasteiger partial charge in [-0.1, -0.05) is 29.8 Å². The first-order valence-corrected chi connectivity index (χ1v) is 7.83. The zero-order chi connectivity index (χ0) is 14.1. The van der Waals surface area contributed by atoms with Gasteiger partial charge in [-0.15, -0.1) is 0 Å². The maximum atomic E-state index is 6.21. The van der Waals surface area contributed by atoms with Crippen LogP contribution in [0.3, 0.4) is 0 Å². The van der Waals surface area contributed by atoms with Gasteiger partial charge in [0.15, 0.2) is 0 Å². The molecule has 1 aromatic heterocycles. The van der Waals surface area contributed by atoms with Gasteiger partial charge < -0.3 is 5.32 Å². The van der Waals surface area contributed by atoms with Crippen molar-refractivity contribution in [3.63, 3.8) is 0 Å². The zero-order valence-electron chi connectivity index (χ0n) is 11.2. The van der Waals surface area contributed by atoms with Crippen LogP contribution in [0.2, 0.25) is 5.02 Å². The Morgan fingerprint density at radius 2 is 2.05 bits per heavy atom. The lowest BCUT2D eigenvalue weighted by Crippen LogP contribution is -2.06. The van der Waals surface area contributed by atoms with Crippen molar-refractivity contribution in [3.8, 4) is 0 Å². The normalized spacial score (nSPS) is 14.3. The maximum Gasteiger partial charge on any atom is 0.144 e. The van der Waals surface area contributed by atoms with Crippen LogP contribution in [0, 0.1) is 0 Å². The Hall–Kier alpha value is -1.13. The first kappa shape index (κ1) is 13.8. The second-order valence-corrected chi connectivity index (χ2v) is 6.18. The van der Waals surface area contributed by atoms with Crippen LogP contribution in [-0.4, -0.2) is 17.0 Å². The number of rotatable bonds is 4. The smallest absolute Gasteiger partial charge is 0.144 e. The minimum atomic E-state index is 0.574. The minimum Gasteiger partial charge on any atom is -0.372 e. The molecule has 0 radical (unpaired) electrons. The fourth-order valence-electron chi connectivity index (χ4n) is 2.20. The summed E-state index contributed by atoms with van der Waals surface area (Å²) >= 11 is 9.82. The molecule has 1 fully saturated rings. The van der Waals surface area contributed by atoms with Gasteiger partial charge in [0.2, 0.25) is 0 Å². The molecule has 1 heterocycles. The molecule has 5 heteroatoms. The van der Waals surface area contributed by atoms with Crippen LogP contribution in [0.1, 0.15) is 35.8 Å². The molecule has 20 heavy (non-hydrogen) atoms. The quantitative estimate of drug-likeness (QED) is 0.886. The molecule has 3 rings (SSSR count). The van der Waals surface area contributed by atoms with Gasteiger partial charge in [0.1, 0.15) is 11.6 Å². The number of halogens is 2. The summed E-state index contributed by atoms with van der Waals surface area (Å²) in [5.41, 5.74) is 2.17. The van der Waals surface area contributed by atoms with Crippen LogP contribution in [0.25, 0.3) is 0 Å². The molecule has 1 saturated carbocycles. The van der Waals surface area contributed by atoms with Crippen LogP contribution in [0.4, 0.5) is 5.82 Å². The van der Waals surface area contributed by atoms with E-state index in [9.17, 15) is 0 Å². The lowest BCUT2D eigenvalue weighted by molar-refractivity contribution is 0.892. The van der Waals surface area contributed by atoms with Crippen LogP contribution in [-0.2, 0) is 6.42 Å². The fraction of sp³-hybridized carbons (Fsp3) is 0.333. The standard InChI is InChI=1S/C15H15BrClN3/c1-18-15-13(16)14(9-6-7-9)19-12(20-15)8-10-4-2-3-5-11(10)17/h2-5,9H,6-8H2,1H3,(H,18,19,20). The summed E-state index contributed by atoms with van der Waals surface area (Å²) < 4.78 is 0.991. The number of benzene rings is 1. The number of hydrogen-bond acceptors (Lipinski definition) is 3. The fourth-order valence-corrected chi connectivity index (χ4v) is 3.10. The Morgan fingerprint density at radius 1 is 1.30 bits per heavy atom. The third-order valence-electron chi connectivity index (χ3n) is 3.43. The van der Waals surface area contributed by atoms with Crippen molar-refractivity contribution in [2.24, 2.45) is 0 Å². The highest BCUT2D eigenvalue weighted by molar-refractivity contribution is 9.10. The van der Waals surface area contributed by atoms with E-state index in [1.165, 1.54) is 12.8 Å². The molecule has 0 spiro atoms. The molecule has 0 atom stereocenters. The molecule has 2 aromatic rings. The molecule has 104 valence electrons. The highest BCUT2D eigenvalue weighted by atomic mass is 79.9. The molecule has 0 bridgehead atoms. The molecule has 0 amide bonds. The molecule has 0 saturated heterocycles. The van der Waals surface area contributed by atoms with E-state index in [1.807, 2.05) is 31.3 Å². The summed E-state index contributed by atoms with van der Waals surface area (Å²) in [7, 11) is 1.88. The number of nitrogens with one attached hydrogen (secondary N) is 1. The number of anilines is 1. The summed E-state index contributed by atoms with van der Waals surface area (Å²) in [6.07, 6.45) is 3.08. The summed E-state index contributed by atoms with van der Waals surface area (Å²) in [6.45, 7) is 0. The molecule has 1 aromatic carbocycles. The molecular formula is C15H15BrClN3. The lowest BCUT2D eigenvalue weighted by Gasteiger charge is -2.11. The maximum absolute atomic E-state index is 6.21. The highest BCUT2D eigenvalue weighted by Gasteiger charge is 2.29. The van der Waals surface area contributed by atoms with Crippen molar-refractivity contribution in [1.82, 2.24) is 9.97 Å². The zero-order valence-corrected chi connectivity index (χ0v) is 13.5. The van der Waals surface area contributed by atoms with Gasteiger partial charge in [-0.05, 0) is 40.4 Å². The van der Waals surface area contributed by atoms with Crippen molar-refractivity contribution >= 4 is 33.3 Å². The largest absolute Gasteiger partial charge is 0.372 e. The van der Waals surface area contributed by atoms with E-state index in [0.29, 0.717) is 12.3 Å². The summed E-state index contributed by atoms with van der Waals surface area (Å²) in [5, 5.41) is 3.89. The second-order valence-electron chi connectivity index (χ2n) is 4.98. The molecular weight excluding hydrogens is 338 g/mol. The van der Waals surface area contributed by atoms with Crippen LogP contribution < -0.4 is 5.32 Å². The Labute approximate surface area is 131 Å². The topological polar surface area (TPSA) is 37.8 Å². The van der Waals surface area contributed by atoms with E-state index in [-0.39, 0.29) is 0 Å². The van der Waals surface area contributed by atoms with E-state index in [0.717, 1.165) is 32.4 Å². The van der Waals surface area contributed by atoms with Gasteiger partial charge in [-0.3, -0.25) is 0 Å². The molecule has 1 N–H and O–H groups in total. The van der Waals surface area contributed by atoms with Crippen LogP contribution in [0.15, 0.2) is 28.7 Å². The van der Waals surface area contributed by atoms with Gasteiger partial charge >= 0.3 is 0 Å². The average molecular weight is 353 g/mol. The summed E-state index contributed by atoms with van der Waals surface area (Å²) in [5.74, 6) is 2.24. The van der Waals surface area contributed by atoms with E-state index in [1.54, 1.807) is 0 Å². The third-order valence-corrected chi connectivity index (χ3v) is 4.58. The minimum absolute atomic E-state index is 0.574. The summed E-state index contributed by atoms with van der Waals surface area (Å²) in [6, 6.07) is 7.84. The van der Waals surface area contributed by atoms with Gasteiger partial charge in [0.25, 0.3) is 0 Å². The van der Waals surface area contributed by atoms with Gasteiger partial charge in [0, 0.05) is 24.4 Å². The van der Waals surface area contributed by atoms with Crippen molar-refractivity contribution in [1.29, 1.82) is 0 Å². The van der Waals surface area contributed by atoms with Crippen molar-refractivity contribution < 1.29 is 0 Å². The molecule has 1 aliphatic carbocycles. The molecule has 3 nitrogen and oxygen atoms in total. The predicted molar refractivity (Wildman–Crippen MR) is 85.5 cm³/mol. The lowest BCUT2D eigenvalue weighted by atomic mass is 10.1. The number of nitrogens with zero attached hydrogens (tertiary/aromatic N) is 2. The van der Waals surface area contributed by atoms with E-state index in [2.05, 4.69) is 26.2 Å². The van der Waals surface area contributed by atoms with Gasteiger partial charge in [-0.2, -0.15) is 0 Å². The highest BCUT2D eigenvalue weighted by Crippen LogP contribution is 2.43. The Balaban J connectivity index is 1.97. The number of hydrogen-bond donors (Lipinski definition) is 1. The summed E-state index contributed by atoms with van der Waals surface area (Å²) in [4.78, 5) is 9.29. The van der Waals surface area contributed by atoms with Crippen LogP contribution >= 0.6 is 27.5 Å². The van der Waals surface area contributed by atoms with E-state index >= 15 is 0 Å². The van der Waals surface area contributed by atoms with E-state index in [4.69, 9.17) is 16.6 Å². The molecule has 1 aliphatic rings. The Bertz CT molecular complexity index is 641. The first-order valence-electron chi connectivity index (χ1n) is 6.66. The molecule has 0 unspecified atom stereocenters. The monoisotopic (exact) mass is 351 g/mol. The first-order chi connectivity index (χ1) is 9.69. The Kier molecular flexibility index (Phi) is 3.94. The van der Waals surface area contributed by atoms with E-state index < -0.39 is 0 Å². The van der Waals surface area contributed by atoms with Crippen LogP contribution in [0.5, 0.6) is 0 Å². The third kappa shape index (κ3) is 2.81.